The van der Waals surface area contributed by atoms with Gasteiger partial charge in [0.25, 0.3) is 0 Å². The highest BCUT2D eigenvalue weighted by atomic mass is 16.3. The number of rotatable bonds is 4. The van der Waals surface area contributed by atoms with Crippen LogP contribution in [0, 0.1) is 6.92 Å². The zero-order chi connectivity index (χ0) is 16.6. The molecule has 0 bridgehead atoms. The molecule has 23 heavy (non-hydrogen) atoms. The van der Waals surface area contributed by atoms with Crippen LogP contribution in [0.5, 0.6) is 5.75 Å². The number of anilines is 1. The van der Waals surface area contributed by atoms with Crippen LogP contribution in [0.1, 0.15) is 32.8 Å². The van der Waals surface area contributed by atoms with Gasteiger partial charge in [-0.25, -0.2) is 4.98 Å². The van der Waals surface area contributed by atoms with Crippen LogP contribution in [0.3, 0.4) is 0 Å². The zero-order valence-corrected chi connectivity index (χ0v) is 14.1. The number of benzene rings is 1. The van der Waals surface area contributed by atoms with Gasteiger partial charge in [0.2, 0.25) is 0 Å². The molecule has 0 fully saturated rings. The normalized spacial score (nSPS) is 11.8. The molecule has 3 aromatic rings. The summed E-state index contributed by atoms with van der Waals surface area (Å²) in [6.45, 7) is 8.53. The van der Waals surface area contributed by atoms with Gasteiger partial charge in [-0.2, -0.15) is 0 Å². The molecular weight excluding hydrogens is 286 g/mol. The van der Waals surface area contributed by atoms with Crippen LogP contribution in [-0.2, 0) is 0 Å². The number of nitrogens with zero attached hydrogens (tertiary/aromatic N) is 2. The first-order chi connectivity index (χ1) is 10.9. The average Bonchev–Trinajstić information content (AvgIpc) is 2.85. The first-order valence-electron chi connectivity index (χ1n) is 7.96. The van der Waals surface area contributed by atoms with Gasteiger partial charge in [0, 0.05) is 17.3 Å². The maximum absolute atomic E-state index is 10.2. The molecule has 120 valence electrons. The molecule has 2 aromatic heterocycles. The minimum absolute atomic E-state index is 0.0694. The third kappa shape index (κ3) is 2.89. The SMILES string of the molecule is CCC(C)(C)Nc1c(-c2ccccc2O)nc2cc(C)ccn12. The van der Waals surface area contributed by atoms with Gasteiger partial charge in [-0.3, -0.25) is 4.40 Å². The van der Waals surface area contributed by atoms with Crippen LogP contribution in [-0.4, -0.2) is 20.0 Å². The van der Waals surface area contributed by atoms with E-state index in [0.29, 0.717) is 0 Å². The van der Waals surface area contributed by atoms with Crippen LogP contribution in [0.4, 0.5) is 5.82 Å². The molecule has 2 heterocycles. The van der Waals surface area contributed by atoms with E-state index in [4.69, 9.17) is 4.98 Å². The molecule has 3 rings (SSSR count). The molecule has 0 spiro atoms. The largest absolute Gasteiger partial charge is 0.507 e. The lowest BCUT2D eigenvalue weighted by molar-refractivity contribution is 0.477. The summed E-state index contributed by atoms with van der Waals surface area (Å²) in [6, 6.07) is 11.4. The number of aryl methyl sites for hydroxylation is 1. The van der Waals surface area contributed by atoms with E-state index in [1.54, 1.807) is 6.07 Å². The van der Waals surface area contributed by atoms with Gasteiger partial charge in [0.05, 0.1) is 0 Å². The highest BCUT2D eigenvalue weighted by molar-refractivity contribution is 5.80. The average molecular weight is 309 g/mol. The molecule has 0 radical (unpaired) electrons. The van der Waals surface area contributed by atoms with E-state index in [-0.39, 0.29) is 11.3 Å². The van der Waals surface area contributed by atoms with Gasteiger partial charge in [0.15, 0.2) is 0 Å². The molecule has 0 aliphatic rings. The van der Waals surface area contributed by atoms with Crippen molar-refractivity contribution >= 4 is 11.5 Å². The van der Waals surface area contributed by atoms with Gasteiger partial charge in [-0.1, -0.05) is 19.1 Å². The van der Waals surface area contributed by atoms with Crippen LogP contribution in [0.15, 0.2) is 42.6 Å². The van der Waals surface area contributed by atoms with Crippen molar-refractivity contribution in [1.82, 2.24) is 9.38 Å². The van der Waals surface area contributed by atoms with Crippen molar-refractivity contribution in [3.8, 4) is 17.0 Å². The highest BCUT2D eigenvalue weighted by Crippen LogP contribution is 2.36. The first kappa shape index (κ1) is 15.4. The number of nitrogens with one attached hydrogen (secondary N) is 1. The third-order valence-corrected chi connectivity index (χ3v) is 4.28. The fraction of sp³-hybridized carbons (Fsp3) is 0.316. The molecule has 0 saturated heterocycles. The summed E-state index contributed by atoms with van der Waals surface area (Å²) in [5.41, 5.74) is 3.48. The molecule has 0 atom stereocenters. The number of fused-ring (bicyclic) bond motifs is 1. The summed E-state index contributed by atoms with van der Waals surface area (Å²) in [7, 11) is 0. The van der Waals surface area contributed by atoms with Gasteiger partial charge < -0.3 is 10.4 Å². The van der Waals surface area contributed by atoms with Gasteiger partial charge >= 0.3 is 0 Å². The van der Waals surface area contributed by atoms with Crippen LogP contribution in [0.2, 0.25) is 0 Å². The molecule has 4 heteroatoms. The van der Waals surface area contributed by atoms with E-state index < -0.39 is 0 Å². The fourth-order valence-electron chi connectivity index (χ4n) is 2.54. The fourth-order valence-corrected chi connectivity index (χ4v) is 2.54. The van der Waals surface area contributed by atoms with Crippen molar-refractivity contribution in [2.75, 3.05) is 5.32 Å². The monoisotopic (exact) mass is 309 g/mol. The maximum atomic E-state index is 10.2. The second-order valence-electron chi connectivity index (χ2n) is 6.62. The van der Waals surface area contributed by atoms with Gasteiger partial charge in [-0.15, -0.1) is 0 Å². The topological polar surface area (TPSA) is 49.6 Å². The highest BCUT2D eigenvalue weighted by Gasteiger charge is 2.22. The Balaban J connectivity index is 2.26. The predicted molar refractivity (Wildman–Crippen MR) is 95.0 cm³/mol. The summed E-state index contributed by atoms with van der Waals surface area (Å²) in [5, 5.41) is 13.8. The lowest BCUT2D eigenvalue weighted by Crippen LogP contribution is -2.30. The Hall–Kier alpha value is -2.49. The third-order valence-electron chi connectivity index (χ3n) is 4.28. The van der Waals surface area contributed by atoms with Crippen LogP contribution in [0.25, 0.3) is 16.9 Å². The molecule has 0 unspecified atom stereocenters. The number of phenols is 1. The lowest BCUT2D eigenvalue weighted by atomic mass is 10.0. The van der Waals surface area contributed by atoms with Crippen molar-refractivity contribution in [1.29, 1.82) is 0 Å². The first-order valence-corrected chi connectivity index (χ1v) is 7.96. The predicted octanol–water partition coefficient (Wildman–Crippen LogP) is 4.62. The van der Waals surface area contributed by atoms with Crippen molar-refractivity contribution in [2.24, 2.45) is 0 Å². The molecule has 0 aliphatic carbocycles. The summed E-state index contributed by atoms with van der Waals surface area (Å²) in [6.07, 6.45) is 3.00. The summed E-state index contributed by atoms with van der Waals surface area (Å²) in [5.74, 6) is 1.15. The Morgan fingerprint density at radius 3 is 2.65 bits per heavy atom. The van der Waals surface area contributed by atoms with Gasteiger partial charge in [-0.05, 0) is 57.0 Å². The van der Waals surface area contributed by atoms with Gasteiger partial charge in [0.1, 0.15) is 22.9 Å². The summed E-state index contributed by atoms with van der Waals surface area (Å²) < 4.78 is 2.05. The minimum atomic E-state index is -0.0694. The van der Waals surface area contributed by atoms with Crippen molar-refractivity contribution in [2.45, 2.75) is 39.7 Å². The number of aromatic hydroxyl groups is 1. The second-order valence-corrected chi connectivity index (χ2v) is 6.62. The minimum Gasteiger partial charge on any atom is -0.507 e. The number of aromatic nitrogens is 2. The number of pyridine rings is 1. The number of phenolic OH excluding ortho intramolecular Hbond substituents is 1. The lowest BCUT2D eigenvalue weighted by Gasteiger charge is -2.26. The maximum Gasteiger partial charge on any atom is 0.139 e. The summed E-state index contributed by atoms with van der Waals surface area (Å²) in [4.78, 5) is 4.76. The number of imidazole rings is 1. The molecule has 1 aromatic carbocycles. The smallest absolute Gasteiger partial charge is 0.139 e. The molecule has 0 aliphatic heterocycles. The van der Waals surface area contributed by atoms with Crippen LogP contribution >= 0.6 is 0 Å². The molecule has 0 amide bonds. The van der Waals surface area contributed by atoms with E-state index in [0.717, 1.165) is 34.7 Å². The number of hydrogen-bond donors (Lipinski definition) is 2. The Kier molecular flexibility index (Phi) is 3.76. The van der Waals surface area contributed by atoms with E-state index in [2.05, 4.69) is 39.1 Å². The number of para-hydroxylation sites is 1. The Bertz CT molecular complexity index is 849. The molecule has 0 saturated carbocycles. The standard InChI is InChI=1S/C19H23N3O/c1-5-19(3,4)21-18-17(14-8-6-7-9-15(14)23)20-16-12-13(2)10-11-22(16)18/h6-12,21,23H,5H2,1-4H3. The van der Waals surface area contributed by atoms with E-state index >= 15 is 0 Å². The Labute approximate surface area is 136 Å². The summed E-state index contributed by atoms with van der Waals surface area (Å²) >= 11 is 0. The quantitative estimate of drug-likeness (QED) is 0.739. The van der Waals surface area contributed by atoms with E-state index in [1.807, 2.05) is 34.9 Å². The van der Waals surface area contributed by atoms with Crippen molar-refractivity contribution in [3.05, 3.63) is 48.2 Å². The molecule has 4 nitrogen and oxygen atoms in total. The second kappa shape index (κ2) is 5.61. The Morgan fingerprint density at radius 1 is 1.22 bits per heavy atom. The van der Waals surface area contributed by atoms with Crippen LogP contribution < -0.4 is 5.32 Å². The Morgan fingerprint density at radius 2 is 1.96 bits per heavy atom. The van der Waals surface area contributed by atoms with Crippen molar-refractivity contribution < 1.29 is 5.11 Å². The van der Waals surface area contributed by atoms with E-state index in [1.165, 1.54) is 0 Å². The van der Waals surface area contributed by atoms with E-state index in [9.17, 15) is 5.11 Å². The molecular formula is C19H23N3O. The zero-order valence-electron chi connectivity index (χ0n) is 14.1. The van der Waals surface area contributed by atoms with Crippen molar-refractivity contribution in [3.63, 3.8) is 0 Å². The molecule has 2 N–H and O–H groups in total. The number of hydrogen-bond acceptors (Lipinski definition) is 3.